The lowest BCUT2D eigenvalue weighted by molar-refractivity contribution is -0.123. The second kappa shape index (κ2) is 10.3. The van der Waals surface area contributed by atoms with Gasteiger partial charge in [-0.25, -0.2) is 4.98 Å². The number of aryl methyl sites for hydroxylation is 1. The van der Waals surface area contributed by atoms with E-state index >= 15 is 0 Å². The third-order valence-electron chi connectivity index (χ3n) is 3.17. The maximum absolute atomic E-state index is 11.2. The Balaban J connectivity index is 0.000000677. The first-order chi connectivity index (χ1) is 10.2. The Labute approximate surface area is 129 Å². The van der Waals surface area contributed by atoms with Crippen molar-refractivity contribution in [1.82, 2.24) is 15.6 Å². The van der Waals surface area contributed by atoms with E-state index in [0.717, 1.165) is 44.5 Å². The normalized spacial score (nSPS) is 18.1. The van der Waals surface area contributed by atoms with Crippen molar-refractivity contribution in [3.63, 3.8) is 0 Å². The van der Waals surface area contributed by atoms with E-state index in [9.17, 15) is 4.79 Å². The molecule has 21 heavy (non-hydrogen) atoms. The molecule has 1 amide bonds. The first-order valence-corrected chi connectivity index (χ1v) is 8.08. The van der Waals surface area contributed by atoms with Crippen LogP contribution in [0.1, 0.15) is 43.3 Å². The Morgan fingerprint density at radius 2 is 2.33 bits per heavy atom. The quantitative estimate of drug-likeness (QED) is 0.718. The van der Waals surface area contributed by atoms with Gasteiger partial charge in [-0.1, -0.05) is 6.92 Å². The summed E-state index contributed by atoms with van der Waals surface area (Å²) in [6.45, 7) is 3.53. The van der Waals surface area contributed by atoms with Gasteiger partial charge in [0.2, 0.25) is 5.91 Å². The lowest BCUT2D eigenvalue weighted by Gasteiger charge is -2.14. The molecule has 0 radical (unpaired) electrons. The van der Waals surface area contributed by atoms with Gasteiger partial charge in [0, 0.05) is 30.9 Å². The fraction of sp³-hybridized carbons (Fsp3) is 0.643. The maximum atomic E-state index is 11.2. The van der Waals surface area contributed by atoms with Gasteiger partial charge in [0.1, 0.15) is 0 Å². The number of thiazole rings is 1. The summed E-state index contributed by atoms with van der Waals surface area (Å²) < 4.78 is 0. The second-order valence-corrected chi connectivity index (χ2v) is 5.79. The van der Waals surface area contributed by atoms with Gasteiger partial charge in [0.15, 0.2) is 0 Å². The van der Waals surface area contributed by atoms with Gasteiger partial charge in [0.05, 0.1) is 10.7 Å². The Kier molecular flexibility index (Phi) is 8.61. The highest BCUT2D eigenvalue weighted by Crippen LogP contribution is 2.13. The Morgan fingerprint density at radius 1 is 1.57 bits per heavy atom. The molecule has 0 spiro atoms. The summed E-state index contributed by atoms with van der Waals surface area (Å²) in [5, 5.41) is 16.7. The van der Waals surface area contributed by atoms with Crippen molar-refractivity contribution in [1.29, 1.82) is 0 Å². The van der Waals surface area contributed by atoms with E-state index in [0.29, 0.717) is 12.5 Å². The minimum Gasteiger partial charge on any atom is -0.483 e. The Bertz CT molecular complexity index is 437. The van der Waals surface area contributed by atoms with E-state index in [4.69, 9.17) is 9.90 Å². The topological polar surface area (TPSA) is 91.3 Å². The Morgan fingerprint density at radius 3 is 3.05 bits per heavy atom. The molecule has 0 saturated carbocycles. The minimum atomic E-state index is -0.250. The average molecular weight is 313 g/mol. The summed E-state index contributed by atoms with van der Waals surface area (Å²) in [7, 11) is 0. The largest absolute Gasteiger partial charge is 0.483 e. The fourth-order valence-corrected chi connectivity index (χ4v) is 3.04. The van der Waals surface area contributed by atoms with E-state index in [2.05, 4.69) is 27.9 Å². The van der Waals surface area contributed by atoms with Gasteiger partial charge in [-0.2, -0.15) is 0 Å². The number of carbonyl (C=O) groups excluding carboxylic acids is 1. The number of rotatable bonds is 5. The van der Waals surface area contributed by atoms with E-state index in [-0.39, 0.29) is 12.4 Å². The third-order valence-corrected chi connectivity index (χ3v) is 4.13. The van der Waals surface area contributed by atoms with Crippen LogP contribution in [-0.2, 0) is 22.6 Å². The standard InChI is InChI=1S/C13H21N3OS.CH2O2/c1-2-3-13-16-11(9-18-13)8-15-10-4-5-12(17)14-7-6-10;2-1-3/h9-10,15H,2-8H2,1H3,(H,14,17);1H,(H,2,3). The summed E-state index contributed by atoms with van der Waals surface area (Å²) in [5.74, 6) is 0.179. The summed E-state index contributed by atoms with van der Waals surface area (Å²) in [6, 6.07) is 0.431. The highest BCUT2D eigenvalue weighted by molar-refractivity contribution is 7.09. The molecule has 0 bridgehead atoms. The smallest absolute Gasteiger partial charge is 0.290 e. The summed E-state index contributed by atoms with van der Waals surface area (Å²) >= 11 is 1.75. The van der Waals surface area contributed by atoms with Gasteiger partial charge in [-0.3, -0.25) is 9.59 Å². The van der Waals surface area contributed by atoms with Crippen LogP contribution in [0.25, 0.3) is 0 Å². The van der Waals surface area contributed by atoms with Crippen LogP contribution in [-0.4, -0.2) is 35.1 Å². The molecule has 2 rings (SSSR count). The lowest BCUT2D eigenvalue weighted by atomic mass is 10.1. The molecule has 0 aromatic carbocycles. The van der Waals surface area contributed by atoms with Crippen LogP contribution in [0.15, 0.2) is 5.38 Å². The fourth-order valence-electron chi connectivity index (χ4n) is 2.14. The predicted octanol–water partition coefficient (Wildman–Crippen LogP) is 1.55. The minimum absolute atomic E-state index is 0.179. The Hall–Kier alpha value is -1.47. The highest BCUT2D eigenvalue weighted by atomic mass is 32.1. The van der Waals surface area contributed by atoms with Gasteiger partial charge in [-0.05, 0) is 25.7 Å². The number of nitrogens with one attached hydrogen (secondary N) is 2. The molecular formula is C14H23N3O3S. The molecule has 1 fully saturated rings. The van der Waals surface area contributed by atoms with Crippen molar-refractivity contribution in [2.24, 2.45) is 0 Å². The number of carbonyl (C=O) groups is 2. The predicted molar refractivity (Wildman–Crippen MR) is 82.3 cm³/mol. The van der Waals surface area contributed by atoms with Crippen molar-refractivity contribution in [3.8, 4) is 0 Å². The maximum Gasteiger partial charge on any atom is 0.290 e. The molecule has 1 aromatic heterocycles. The molecule has 118 valence electrons. The molecule has 6 nitrogen and oxygen atoms in total. The SMILES string of the molecule is CCCc1nc(CNC2CCNC(=O)CC2)cs1.O=CO. The molecule has 2 heterocycles. The molecule has 1 unspecified atom stereocenters. The van der Waals surface area contributed by atoms with Crippen LogP contribution >= 0.6 is 11.3 Å². The van der Waals surface area contributed by atoms with Crippen LogP contribution in [0.4, 0.5) is 0 Å². The van der Waals surface area contributed by atoms with Crippen LogP contribution in [0, 0.1) is 0 Å². The number of amides is 1. The molecule has 1 saturated heterocycles. The van der Waals surface area contributed by atoms with Crippen LogP contribution < -0.4 is 10.6 Å². The molecule has 1 aliphatic heterocycles. The summed E-state index contributed by atoms with van der Waals surface area (Å²) in [4.78, 5) is 24.2. The molecule has 0 aliphatic carbocycles. The average Bonchev–Trinajstić information content (AvgIpc) is 2.80. The number of carboxylic acid groups (broad SMARTS) is 1. The van der Waals surface area contributed by atoms with Crippen LogP contribution in [0.2, 0.25) is 0 Å². The molecule has 1 aliphatic rings. The number of nitrogens with zero attached hydrogens (tertiary/aromatic N) is 1. The monoisotopic (exact) mass is 313 g/mol. The molecular weight excluding hydrogens is 290 g/mol. The van der Waals surface area contributed by atoms with E-state index < -0.39 is 0 Å². The van der Waals surface area contributed by atoms with E-state index in [1.54, 1.807) is 11.3 Å². The van der Waals surface area contributed by atoms with Crippen molar-refractivity contribution in [3.05, 3.63) is 16.1 Å². The first-order valence-electron chi connectivity index (χ1n) is 7.20. The zero-order chi connectivity index (χ0) is 15.5. The lowest BCUT2D eigenvalue weighted by Crippen LogP contribution is -2.29. The molecule has 1 atom stereocenters. The molecule has 7 heteroatoms. The molecule has 3 N–H and O–H groups in total. The number of aromatic nitrogens is 1. The van der Waals surface area contributed by atoms with Crippen molar-refractivity contribution in [2.75, 3.05) is 6.54 Å². The van der Waals surface area contributed by atoms with Gasteiger partial charge in [-0.15, -0.1) is 11.3 Å². The highest BCUT2D eigenvalue weighted by Gasteiger charge is 2.15. The molecule has 1 aromatic rings. The van der Waals surface area contributed by atoms with Crippen LogP contribution in [0.5, 0.6) is 0 Å². The van der Waals surface area contributed by atoms with Crippen molar-refractivity contribution < 1.29 is 14.7 Å². The van der Waals surface area contributed by atoms with Gasteiger partial charge in [0.25, 0.3) is 6.47 Å². The first kappa shape index (κ1) is 17.6. The second-order valence-electron chi connectivity index (χ2n) is 4.84. The number of hydrogen-bond donors (Lipinski definition) is 3. The van der Waals surface area contributed by atoms with Gasteiger partial charge < -0.3 is 15.7 Å². The van der Waals surface area contributed by atoms with Crippen LogP contribution in [0.3, 0.4) is 0 Å². The van der Waals surface area contributed by atoms with Crippen molar-refractivity contribution >= 4 is 23.7 Å². The zero-order valence-electron chi connectivity index (χ0n) is 12.3. The number of hydrogen-bond acceptors (Lipinski definition) is 5. The van der Waals surface area contributed by atoms with Gasteiger partial charge >= 0.3 is 0 Å². The zero-order valence-corrected chi connectivity index (χ0v) is 13.1. The van der Waals surface area contributed by atoms with E-state index in [1.807, 2.05) is 0 Å². The van der Waals surface area contributed by atoms with Crippen molar-refractivity contribution in [2.45, 2.75) is 51.6 Å². The summed E-state index contributed by atoms with van der Waals surface area (Å²) in [5.41, 5.74) is 1.13. The third kappa shape index (κ3) is 7.19. The summed E-state index contributed by atoms with van der Waals surface area (Å²) in [6.07, 6.45) is 4.80. The van der Waals surface area contributed by atoms with E-state index in [1.165, 1.54) is 5.01 Å².